The molecular weight excluding hydrogens is 360 g/mol. The Morgan fingerprint density at radius 3 is 2.93 bits per heavy atom. The van der Waals surface area contributed by atoms with E-state index in [-0.39, 0.29) is 0 Å². The van der Waals surface area contributed by atoms with Gasteiger partial charge in [-0.2, -0.15) is 0 Å². The summed E-state index contributed by atoms with van der Waals surface area (Å²) in [7, 11) is 0. The summed E-state index contributed by atoms with van der Waals surface area (Å²) in [5.41, 5.74) is 1.42. The van der Waals surface area contributed by atoms with Gasteiger partial charge in [-0.3, -0.25) is 4.57 Å². The average molecular weight is 378 g/mol. The van der Waals surface area contributed by atoms with Crippen LogP contribution in [-0.4, -0.2) is 41.8 Å². The SMILES string of the molecule is O=C(O)n1ccc2cc(Oc3cc(CNCCn4ccnc4)ncn3)ccc21. The van der Waals surface area contributed by atoms with Gasteiger partial charge in [0.15, 0.2) is 0 Å². The van der Waals surface area contributed by atoms with E-state index in [0.29, 0.717) is 23.7 Å². The van der Waals surface area contributed by atoms with Crippen molar-refractivity contribution in [2.24, 2.45) is 0 Å². The fraction of sp³-hybridized carbons (Fsp3) is 0.158. The molecule has 28 heavy (non-hydrogen) atoms. The van der Waals surface area contributed by atoms with Crippen molar-refractivity contribution in [3.8, 4) is 11.6 Å². The highest BCUT2D eigenvalue weighted by atomic mass is 16.5. The molecule has 0 aliphatic heterocycles. The molecule has 0 saturated heterocycles. The quantitative estimate of drug-likeness (QED) is 0.476. The Hall–Kier alpha value is -3.72. The second kappa shape index (κ2) is 7.89. The maximum atomic E-state index is 11.2. The Balaban J connectivity index is 1.38. The molecule has 9 nitrogen and oxygen atoms in total. The zero-order chi connectivity index (χ0) is 19.3. The number of imidazole rings is 1. The van der Waals surface area contributed by atoms with Crippen LogP contribution in [0.3, 0.4) is 0 Å². The van der Waals surface area contributed by atoms with Crippen molar-refractivity contribution in [2.45, 2.75) is 13.1 Å². The Morgan fingerprint density at radius 2 is 2.11 bits per heavy atom. The van der Waals surface area contributed by atoms with E-state index < -0.39 is 6.09 Å². The van der Waals surface area contributed by atoms with Crippen LogP contribution in [-0.2, 0) is 13.1 Å². The summed E-state index contributed by atoms with van der Waals surface area (Å²) in [4.78, 5) is 23.6. The van der Waals surface area contributed by atoms with Crippen molar-refractivity contribution >= 4 is 17.0 Å². The number of hydrogen-bond acceptors (Lipinski definition) is 6. The minimum atomic E-state index is -1.02. The molecule has 9 heteroatoms. The second-order valence-electron chi connectivity index (χ2n) is 6.12. The van der Waals surface area contributed by atoms with Crippen molar-refractivity contribution in [3.63, 3.8) is 0 Å². The number of aromatic nitrogens is 5. The smallest absolute Gasteiger partial charge is 0.415 e. The topological polar surface area (TPSA) is 107 Å². The van der Waals surface area contributed by atoms with Crippen molar-refractivity contribution in [2.75, 3.05) is 6.54 Å². The van der Waals surface area contributed by atoms with Crippen LogP contribution < -0.4 is 10.1 Å². The van der Waals surface area contributed by atoms with Crippen LogP contribution in [0.4, 0.5) is 4.79 Å². The number of carboxylic acid groups (broad SMARTS) is 1. The molecule has 2 N–H and O–H groups in total. The van der Waals surface area contributed by atoms with Gasteiger partial charge in [-0.1, -0.05) is 0 Å². The first-order valence-electron chi connectivity index (χ1n) is 8.69. The minimum absolute atomic E-state index is 0.429. The van der Waals surface area contributed by atoms with Gasteiger partial charge in [0.2, 0.25) is 5.88 Å². The van der Waals surface area contributed by atoms with E-state index in [1.165, 1.54) is 12.5 Å². The van der Waals surface area contributed by atoms with Gasteiger partial charge in [0, 0.05) is 49.7 Å². The van der Waals surface area contributed by atoms with E-state index in [2.05, 4.69) is 20.3 Å². The standard InChI is InChI=1S/C19H18N6O3/c26-19(27)25-6-3-14-9-16(1-2-17(14)25)28-18-10-15(22-12-23-18)11-20-4-7-24-8-5-21-13-24/h1-3,5-6,8-10,12-13,20H,4,7,11H2,(H,26,27). The van der Waals surface area contributed by atoms with Crippen molar-refractivity contribution in [1.82, 2.24) is 29.4 Å². The van der Waals surface area contributed by atoms with Crippen molar-refractivity contribution < 1.29 is 14.6 Å². The van der Waals surface area contributed by atoms with Gasteiger partial charge in [-0.05, 0) is 24.3 Å². The van der Waals surface area contributed by atoms with Crippen LogP contribution >= 0.6 is 0 Å². The highest BCUT2D eigenvalue weighted by Gasteiger charge is 2.08. The van der Waals surface area contributed by atoms with E-state index in [0.717, 1.165) is 28.7 Å². The molecule has 1 aromatic carbocycles. The summed E-state index contributed by atoms with van der Waals surface area (Å²) < 4.78 is 8.97. The van der Waals surface area contributed by atoms with E-state index in [1.54, 1.807) is 42.9 Å². The lowest BCUT2D eigenvalue weighted by Gasteiger charge is -2.08. The molecule has 0 atom stereocenters. The zero-order valence-electron chi connectivity index (χ0n) is 14.9. The molecule has 0 bridgehead atoms. The first-order chi connectivity index (χ1) is 13.7. The van der Waals surface area contributed by atoms with Gasteiger partial charge in [0.05, 0.1) is 17.5 Å². The summed E-state index contributed by atoms with van der Waals surface area (Å²) in [6.45, 7) is 2.20. The maximum Gasteiger partial charge on any atom is 0.415 e. The Bertz CT molecular complexity index is 1090. The maximum absolute atomic E-state index is 11.2. The lowest BCUT2D eigenvalue weighted by atomic mass is 10.2. The molecule has 3 aromatic heterocycles. The number of nitrogens with zero attached hydrogens (tertiary/aromatic N) is 5. The van der Waals surface area contributed by atoms with Gasteiger partial charge < -0.3 is 19.7 Å². The fourth-order valence-electron chi connectivity index (χ4n) is 2.84. The molecule has 0 aliphatic rings. The predicted octanol–water partition coefficient (Wildman–Crippen LogP) is 2.74. The third kappa shape index (κ3) is 3.99. The monoisotopic (exact) mass is 378 g/mol. The third-order valence-corrected chi connectivity index (χ3v) is 4.20. The van der Waals surface area contributed by atoms with Crippen LogP contribution in [0.1, 0.15) is 5.69 Å². The van der Waals surface area contributed by atoms with Gasteiger partial charge in [0.25, 0.3) is 0 Å². The number of carbonyl (C=O) groups is 1. The van der Waals surface area contributed by atoms with Gasteiger partial charge >= 0.3 is 6.09 Å². The fourth-order valence-corrected chi connectivity index (χ4v) is 2.84. The number of ether oxygens (including phenoxy) is 1. The molecule has 3 heterocycles. The van der Waals surface area contributed by atoms with Crippen LogP contribution in [0.5, 0.6) is 11.6 Å². The first-order valence-corrected chi connectivity index (χ1v) is 8.69. The molecule has 4 rings (SSSR count). The van der Waals surface area contributed by atoms with E-state index >= 15 is 0 Å². The molecule has 0 saturated carbocycles. The van der Waals surface area contributed by atoms with E-state index in [4.69, 9.17) is 9.84 Å². The summed E-state index contributed by atoms with van der Waals surface area (Å²) in [6.07, 6.45) is 7.39. The number of fused-ring (bicyclic) bond motifs is 1. The third-order valence-electron chi connectivity index (χ3n) is 4.20. The van der Waals surface area contributed by atoms with E-state index in [1.807, 2.05) is 10.8 Å². The molecule has 142 valence electrons. The number of benzene rings is 1. The molecule has 0 fully saturated rings. The van der Waals surface area contributed by atoms with Crippen LogP contribution in [0.15, 0.2) is 61.6 Å². The lowest BCUT2D eigenvalue weighted by molar-refractivity contribution is 0.197. The highest BCUT2D eigenvalue weighted by Crippen LogP contribution is 2.25. The summed E-state index contributed by atoms with van der Waals surface area (Å²) in [6, 6.07) is 8.70. The molecule has 4 aromatic rings. The van der Waals surface area contributed by atoms with Crippen molar-refractivity contribution in [1.29, 1.82) is 0 Å². The average Bonchev–Trinajstić information content (AvgIpc) is 3.35. The van der Waals surface area contributed by atoms with Gasteiger partial charge in [-0.15, -0.1) is 0 Å². The summed E-state index contributed by atoms with van der Waals surface area (Å²) in [5, 5.41) is 13.2. The Labute approximate surface area is 160 Å². The molecule has 0 aliphatic carbocycles. The van der Waals surface area contributed by atoms with Crippen molar-refractivity contribution in [3.05, 3.63) is 67.3 Å². The predicted molar refractivity (Wildman–Crippen MR) is 101 cm³/mol. The lowest BCUT2D eigenvalue weighted by Crippen LogP contribution is -2.19. The van der Waals surface area contributed by atoms with Crippen LogP contribution in [0.2, 0.25) is 0 Å². The van der Waals surface area contributed by atoms with Crippen LogP contribution in [0, 0.1) is 0 Å². The van der Waals surface area contributed by atoms with Crippen LogP contribution in [0.25, 0.3) is 10.9 Å². The summed E-state index contributed by atoms with van der Waals surface area (Å²) >= 11 is 0. The molecule has 0 spiro atoms. The molecular formula is C19H18N6O3. The normalized spacial score (nSPS) is 11.0. The molecule has 0 radical (unpaired) electrons. The highest BCUT2D eigenvalue weighted by molar-refractivity contribution is 5.89. The van der Waals surface area contributed by atoms with E-state index in [9.17, 15) is 4.79 Å². The number of nitrogens with one attached hydrogen (secondary N) is 1. The zero-order valence-corrected chi connectivity index (χ0v) is 14.9. The molecule has 0 unspecified atom stereocenters. The second-order valence-corrected chi connectivity index (χ2v) is 6.12. The Morgan fingerprint density at radius 1 is 1.18 bits per heavy atom. The number of hydrogen-bond donors (Lipinski definition) is 2. The molecule has 0 amide bonds. The van der Waals surface area contributed by atoms with Gasteiger partial charge in [0.1, 0.15) is 12.1 Å². The number of rotatable bonds is 7. The first kappa shape index (κ1) is 17.7. The minimum Gasteiger partial charge on any atom is -0.464 e. The van der Waals surface area contributed by atoms with Gasteiger partial charge in [-0.25, -0.2) is 19.7 Å². The largest absolute Gasteiger partial charge is 0.464 e. The summed E-state index contributed by atoms with van der Waals surface area (Å²) in [5.74, 6) is 1.01. The Kier molecular flexibility index (Phi) is 4.98.